The van der Waals surface area contributed by atoms with Crippen LogP contribution in [-0.2, 0) is 16.1 Å². The molecule has 0 bridgehead atoms. The van der Waals surface area contributed by atoms with Crippen molar-refractivity contribution in [3.05, 3.63) is 24.0 Å². The molecular weight excluding hydrogens is 308 g/mol. The summed E-state index contributed by atoms with van der Waals surface area (Å²) in [5.41, 5.74) is 0.772. The van der Waals surface area contributed by atoms with Crippen LogP contribution in [0.2, 0.25) is 0 Å². The Morgan fingerprint density at radius 1 is 1.46 bits per heavy atom. The number of amides is 2. The number of pyridine rings is 1. The third kappa shape index (κ3) is 5.81. The van der Waals surface area contributed by atoms with Crippen molar-refractivity contribution in [2.24, 2.45) is 0 Å². The van der Waals surface area contributed by atoms with Gasteiger partial charge in [0.05, 0.1) is 12.2 Å². The maximum atomic E-state index is 11.7. The number of ether oxygens (including phenoxy) is 1. The van der Waals surface area contributed by atoms with Crippen molar-refractivity contribution in [2.45, 2.75) is 32.4 Å². The minimum Gasteiger partial charge on any atom is -0.489 e. The van der Waals surface area contributed by atoms with Crippen LogP contribution in [0.1, 0.15) is 25.5 Å². The van der Waals surface area contributed by atoms with E-state index in [1.165, 1.54) is 6.92 Å². The van der Waals surface area contributed by atoms with E-state index in [0.29, 0.717) is 13.0 Å². The van der Waals surface area contributed by atoms with E-state index in [2.05, 4.69) is 15.2 Å². The van der Waals surface area contributed by atoms with Crippen LogP contribution in [0.3, 0.4) is 0 Å². The van der Waals surface area contributed by atoms with Crippen LogP contribution in [0.15, 0.2) is 18.3 Å². The molecule has 1 fully saturated rings. The third-order valence-corrected chi connectivity index (χ3v) is 3.98. The normalized spacial score (nSPS) is 17.5. The second kappa shape index (κ2) is 8.63. The van der Waals surface area contributed by atoms with E-state index in [1.807, 2.05) is 12.1 Å². The van der Waals surface area contributed by atoms with Gasteiger partial charge >= 0.3 is 0 Å². The van der Waals surface area contributed by atoms with Gasteiger partial charge in [0.1, 0.15) is 11.9 Å². The van der Waals surface area contributed by atoms with Gasteiger partial charge in [-0.2, -0.15) is 0 Å². The first kappa shape index (κ1) is 18.2. The number of rotatable bonds is 7. The average Bonchev–Trinajstić information content (AvgIpc) is 2.98. The van der Waals surface area contributed by atoms with Gasteiger partial charge in [0, 0.05) is 59.3 Å². The Kier molecular flexibility index (Phi) is 6.54. The van der Waals surface area contributed by atoms with E-state index in [1.54, 1.807) is 25.2 Å². The second-order valence-electron chi connectivity index (χ2n) is 6.26. The number of hydrogen-bond acceptors (Lipinski definition) is 5. The zero-order valence-corrected chi connectivity index (χ0v) is 14.6. The Morgan fingerprint density at radius 3 is 2.96 bits per heavy atom. The lowest BCUT2D eigenvalue weighted by atomic mass is 10.3. The van der Waals surface area contributed by atoms with Crippen LogP contribution >= 0.6 is 0 Å². The number of hydrogen-bond donors (Lipinski definition) is 1. The van der Waals surface area contributed by atoms with E-state index in [4.69, 9.17) is 4.74 Å². The third-order valence-electron chi connectivity index (χ3n) is 3.98. The second-order valence-corrected chi connectivity index (χ2v) is 6.26. The minimum absolute atomic E-state index is 0.0816. The minimum atomic E-state index is -0.0816. The van der Waals surface area contributed by atoms with Crippen molar-refractivity contribution in [2.75, 3.05) is 33.7 Å². The number of nitrogens with one attached hydrogen (secondary N) is 1. The van der Waals surface area contributed by atoms with Gasteiger partial charge in [-0.3, -0.25) is 19.5 Å². The summed E-state index contributed by atoms with van der Waals surface area (Å²) in [6, 6.07) is 3.68. The van der Waals surface area contributed by atoms with Gasteiger partial charge in [0.15, 0.2) is 0 Å². The molecule has 2 heterocycles. The van der Waals surface area contributed by atoms with Crippen molar-refractivity contribution in [3.8, 4) is 5.75 Å². The van der Waals surface area contributed by atoms with Crippen molar-refractivity contribution in [1.29, 1.82) is 0 Å². The zero-order valence-electron chi connectivity index (χ0n) is 14.6. The topological polar surface area (TPSA) is 74.8 Å². The van der Waals surface area contributed by atoms with Gasteiger partial charge in [-0.1, -0.05) is 0 Å². The summed E-state index contributed by atoms with van der Waals surface area (Å²) < 4.78 is 6.02. The van der Waals surface area contributed by atoms with E-state index in [-0.39, 0.29) is 17.9 Å². The molecule has 7 nitrogen and oxygen atoms in total. The van der Waals surface area contributed by atoms with Crippen molar-refractivity contribution < 1.29 is 14.3 Å². The summed E-state index contributed by atoms with van der Waals surface area (Å²) in [6.07, 6.45) is 3.29. The van der Waals surface area contributed by atoms with Crippen LogP contribution < -0.4 is 10.1 Å². The van der Waals surface area contributed by atoms with Gasteiger partial charge < -0.3 is 15.0 Å². The number of carbonyl (C=O) groups excluding carboxylic acids is 2. The molecule has 1 N–H and O–H groups in total. The summed E-state index contributed by atoms with van der Waals surface area (Å²) in [5, 5.41) is 2.72. The summed E-state index contributed by atoms with van der Waals surface area (Å²) in [5.74, 6) is 0.833. The smallest absolute Gasteiger partial charge is 0.223 e. The molecule has 0 aliphatic carbocycles. The van der Waals surface area contributed by atoms with E-state index < -0.39 is 0 Å². The molecule has 1 saturated heterocycles. The number of likely N-dealkylation sites (tertiary alicyclic amines) is 1. The van der Waals surface area contributed by atoms with Gasteiger partial charge in [-0.05, 0) is 12.5 Å². The Hall–Kier alpha value is -2.15. The SMILES string of the molecule is CC(=O)NCc1cc(OC2CCN(CCC(=O)N(C)C)C2)ccn1. The van der Waals surface area contributed by atoms with Crippen LogP contribution in [0.5, 0.6) is 5.75 Å². The summed E-state index contributed by atoms with van der Waals surface area (Å²) in [4.78, 5) is 30.7. The lowest BCUT2D eigenvalue weighted by molar-refractivity contribution is -0.129. The predicted octanol–water partition coefficient (Wildman–Crippen LogP) is 0.649. The van der Waals surface area contributed by atoms with E-state index in [0.717, 1.165) is 37.5 Å². The molecule has 0 saturated carbocycles. The number of nitrogens with zero attached hydrogens (tertiary/aromatic N) is 3. The molecule has 132 valence electrons. The molecule has 24 heavy (non-hydrogen) atoms. The summed E-state index contributed by atoms with van der Waals surface area (Å²) in [6.45, 7) is 4.41. The van der Waals surface area contributed by atoms with Gasteiger partial charge in [0.2, 0.25) is 11.8 Å². The molecule has 0 aromatic carbocycles. The lowest BCUT2D eigenvalue weighted by Gasteiger charge is -2.18. The van der Waals surface area contributed by atoms with Gasteiger partial charge in [0.25, 0.3) is 0 Å². The first-order chi connectivity index (χ1) is 11.4. The van der Waals surface area contributed by atoms with Crippen LogP contribution in [0.25, 0.3) is 0 Å². The highest BCUT2D eigenvalue weighted by atomic mass is 16.5. The molecule has 2 rings (SSSR count). The molecule has 0 radical (unpaired) electrons. The quantitative estimate of drug-likeness (QED) is 0.792. The van der Waals surface area contributed by atoms with E-state index in [9.17, 15) is 9.59 Å². The molecule has 1 aliphatic heterocycles. The van der Waals surface area contributed by atoms with Crippen molar-refractivity contribution in [1.82, 2.24) is 20.1 Å². The Labute approximate surface area is 143 Å². The molecule has 1 aromatic rings. The van der Waals surface area contributed by atoms with E-state index >= 15 is 0 Å². The monoisotopic (exact) mass is 334 g/mol. The number of aromatic nitrogens is 1. The highest BCUT2D eigenvalue weighted by molar-refractivity contribution is 5.75. The largest absolute Gasteiger partial charge is 0.489 e. The van der Waals surface area contributed by atoms with Gasteiger partial charge in [-0.15, -0.1) is 0 Å². The molecule has 1 aromatic heterocycles. The molecule has 1 aliphatic rings. The average molecular weight is 334 g/mol. The fourth-order valence-corrected chi connectivity index (χ4v) is 2.61. The maximum Gasteiger partial charge on any atom is 0.223 e. The summed E-state index contributed by atoms with van der Waals surface area (Å²) in [7, 11) is 3.56. The molecule has 1 atom stereocenters. The molecule has 0 spiro atoms. The number of carbonyl (C=O) groups is 2. The van der Waals surface area contributed by atoms with Gasteiger partial charge in [-0.25, -0.2) is 0 Å². The molecule has 1 unspecified atom stereocenters. The highest BCUT2D eigenvalue weighted by Gasteiger charge is 2.24. The maximum absolute atomic E-state index is 11.7. The molecule has 7 heteroatoms. The fourth-order valence-electron chi connectivity index (χ4n) is 2.61. The summed E-state index contributed by atoms with van der Waals surface area (Å²) >= 11 is 0. The fraction of sp³-hybridized carbons (Fsp3) is 0.588. The first-order valence-corrected chi connectivity index (χ1v) is 8.22. The standard InChI is InChI=1S/C17H26N4O3/c1-13(22)19-11-14-10-15(4-7-18-14)24-16-5-8-21(12-16)9-6-17(23)20(2)3/h4,7,10,16H,5-6,8-9,11-12H2,1-3H3,(H,19,22). The lowest BCUT2D eigenvalue weighted by Crippen LogP contribution is -2.30. The molecule has 2 amide bonds. The first-order valence-electron chi connectivity index (χ1n) is 8.22. The van der Waals surface area contributed by atoms with Crippen LogP contribution in [0, 0.1) is 0 Å². The van der Waals surface area contributed by atoms with Crippen LogP contribution in [-0.4, -0.2) is 66.4 Å². The highest BCUT2D eigenvalue weighted by Crippen LogP contribution is 2.19. The Morgan fingerprint density at radius 2 is 2.25 bits per heavy atom. The van der Waals surface area contributed by atoms with Crippen molar-refractivity contribution in [3.63, 3.8) is 0 Å². The zero-order chi connectivity index (χ0) is 17.5. The van der Waals surface area contributed by atoms with Crippen molar-refractivity contribution >= 4 is 11.8 Å². The Balaban J connectivity index is 1.79. The predicted molar refractivity (Wildman–Crippen MR) is 90.5 cm³/mol. The molecular formula is C17H26N4O3. The van der Waals surface area contributed by atoms with Crippen LogP contribution in [0.4, 0.5) is 0 Å². The Bertz CT molecular complexity index is 577.